The maximum Gasteiger partial charge on any atom is 0.244 e. The monoisotopic (exact) mass is 473 g/mol. The predicted octanol–water partition coefficient (Wildman–Crippen LogP) is 3.40. The second kappa shape index (κ2) is 11.3. The highest BCUT2D eigenvalue weighted by atomic mass is 32.2. The molecule has 8 heteroatoms. The zero-order valence-corrected chi connectivity index (χ0v) is 21.1. The molecule has 2 rings (SSSR count). The van der Waals surface area contributed by atoms with Crippen molar-refractivity contribution in [3.8, 4) is 0 Å². The van der Waals surface area contributed by atoms with E-state index in [1.807, 2.05) is 71.0 Å². The van der Waals surface area contributed by atoms with E-state index in [0.717, 1.165) is 27.3 Å². The number of hydrogen-bond donors (Lipinski definition) is 1. The van der Waals surface area contributed by atoms with Crippen LogP contribution in [0.25, 0.3) is 0 Å². The fourth-order valence-corrected chi connectivity index (χ4v) is 4.62. The molecule has 0 saturated heterocycles. The minimum Gasteiger partial charge on any atom is -0.352 e. The normalized spacial score (nSPS) is 12.3. The van der Waals surface area contributed by atoms with E-state index in [-0.39, 0.29) is 25.0 Å². The fourth-order valence-electron chi connectivity index (χ4n) is 3.79. The van der Waals surface area contributed by atoms with E-state index in [1.165, 1.54) is 4.90 Å². The average Bonchev–Trinajstić information content (AvgIpc) is 2.70. The molecular formula is C25H35N3O4S. The molecule has 7 nitrogen and oxygen atoms in total. The van der Waals surface area contributed by atoms with Crippen molar-refractivity contribution in [2.45, 2.75) is 59.7 Å². The number of hydrogen-bond acceptors (Lipinski definition) is 4. The molecule has 2 aromatic rings. The Morgan fingerprint density at radius 3 is 2.06 bits per heavy atom. The van der Waals surface area contributed by atoms with Crippen molar-refractivity contribution >= 4 is 27.5 Å². The fraction of sp³-hybridized carbons (Fsp3) is 0.440. The van der Waals surface area contributed by atoms with Gasteiger partial charge in [-0.2, -0.15) is 0 Å². The van der Waals surface area contributed by atoms with Gasteiger partial charge in [0.1, 0.15) is 12.6 Å². The third-order valence-electron chi connectivity index (χ3n) is 5.19. The first kappa shape index (κ1) is 26.4. The van der Waals surface area contributed by atoms with E-state index in [2.05, 4.69) is 5.32 Å². The van der Waals surface area contributed by atoms with Gasteiger partial charge in [0.25, 0.3) is 0 Å². The smallest absolute Gasteiger partial charge is 0.244 e. The number of anilines is 1. The standard InChI is InChI=1S/C25H35N3O4S/c1-7-23(25(30)26-18(2)3)27(16-21-11-9-8-10-12-21)24(29)17-28(33(6,31)32)22-14-19(4)13-20(5)15-22/h8-15,18,23H,7,16-17H2,1-6H3,(H,26,30)/t23-/m1/s1. The maximum atomic E-state index is 13.6. The Bertz CT molecular complexity index is 1050. The average molecular weight is 474 g/mol. The summed E-state index contributed by atoms with van der Waals surface area (Å²) in [5, 5.41) is 2.88. The second-order valence-electron chi connectivity index (χ2n) is 8.71. The van der Waals surface area contributed by atoms with Crippen molar-refractivity contribution in [3.05, 3.63) is 65.2 Å². The largest absolute Gasteiger partial charge is 0.352 e. The van der Waals surface area contributed by atoms with E-state index in [1.54, 1.807) is 12.1 Å². The molecule has 1 N–H and O–H groups in total. The van der Waals surface area contributed by atoms with Gasteiger partial charge in [-0.1, -0.05) is 43.3 Å². The summed E-state index contributed by atoms with van der Waals surface area (Å²) in [5.41, 5.74) is 3.09. The first-order valence-electron chi connectivity index (χ1n) is 11.1. The molecule has 180 valence electrons. The number of sulfonamides is 1. The van der Waals surface area contributed by atoms with Gasteiger partial charge >= 0.3 is 0 Å². The van der Waals surface area contributed by atoms with Gasteiger partial charge in [-0.3, -0.25) is 13.9 Å². The highest BCUT2D eigenvalue weighted by Gasteiger charge is 2.32. The summed E-state index contributed by atoms with van der Waals surface area (Å²) in [6.45, 7) is 9.13. The number of nitrogens with zero attached hydrogens (tertiary/aromatic N) is 2. The van der Waals surface area contributed by atoms with Crippen LogP contribution in [0.2, 0.25) is 0 Å². The molecule has 0 bridgehead atoms. The molecule has 0 fully saturated rings. The number of aryl methyl sites for hydroxylation is 2. The lowest BCUT2D eigenvalue weighted by Crippen LogP contribution is -2.53. The van der Waals surface area contributed by atoms with Crippen molar-refractivity contribution in [1.82, 2.24) is 10.2 Å². The van der Waals surface area contributed by atoms with Crippen LogP contribution in [0.15, 0.2) is 48.5 Å². The predicted molar refractivity (Wildman–Crippen MR) is 132 cm³/mol. The van der Waals surface area contributed by atoms with E-state index in [4.69, 9.17) is 0 Å². The van der Waals surface area contributed by atoms with Gasteiger partial charge in [0.05, 0.1) is 11.9 Å². The van der Waals surface area contributed by atoms with E-state index < -0.39 is 22.0 Å². The highest BCUT2D eigenvalue weighted by molar-refractivity contribution is 7.92. The summed E-state index contributed by atoms with van der Waals surface area (Å²) in [5.74, 6) is -0.691. The summed E-state index contributed by atoms with van der Waals surface area (Å²) in [6, 6.07) is 14.0. The third-order valence-corrected chi connectivity index (χ3v) is 6.33. The molecule has 0 unspecified atom stereocenters. The molecule has 0 aliphatic rings. The van der Waals surface area contributed by atoms with Crippen LogP contribution in [-0.2, 0) is 26.2 Å². The summed E-state index contributed by atoms with van der Waals surface area (Å²) in [7, 11) is -3.74. The maximum absolute atomic E-state index is 13.6. The van der Waals surface area contributed by atoms with Crippen molar-refractivity contribution in [1.29, 1.82) is 0 Å². The minimum atomic E-state index is -3.74. The quantitative estimate of drug-likeness (QED) is 0.573. The zero-order chi connectivity index (χ0) is 24.8. The van der Waals surface area contributed by atoms with Gasteiger partial charge < -0.3 is 10.2 Å². The van der Waals surface area contributed by atoms with Gasteiger partial charge in [0.2, 0.25) is 21.8 Å². The molecule has 33 heavy (non-hydrogen) atoms. The Morgan fingerprint density at radius 2 is 1.58 bits per heavy atom. The van der Waals surface area contributed by atoms with Gasteiger partial charge in [-0.15, -0.1) is 0 Å². The van der Waals surface area contributed by atoms with Crippen LogP contribution in [0.3, 0.4) is 0 Å². The molecule has 0 aliphatic carbocycles. The minimum absolute atomic E-state index is 0.0805. The molecule has 0 spiro atoms. The summed E-state index contributed by atoms with van der Waals surface area (Å²) in [4.78, 5) is 28.0. The number of carbonyl (C=O) groups excluding carboxylic acids is 2. The number of benzene rings is 2. The molecule has 1 atom stereocenters. The molecular weight excluding hydrogens is 438 g/mol. The van der Waals surface area contributed by atoms with Crippen LogP contribution in [0.1, 0.15) is 43.9 Å². The first-order valence-corrected chi connectivity index (χ1v) is 13.0. The Hall–Kier alpha value is -2.87. The van der Waals surface area contributed by atoms with Crippen molar-refractivity contribution < 1.29 is 18.0 Å². The SMILES string of the molecule is CC[C@H](C(=O)NC(C)C)N(Cc1ccccc1)C(=O)CN(c1cc(C)cc(C)c1)S(C)(=O)=O. The topological polar surface area (TPSA) is 86.8 Å². The lowest BCUT2D eigenvalue weighted by Gasteiger charge is -2.33. The van der Waals surface area contributed by atoms with Crippen LogP contribution in [0.4, 0.5) is 5.69 Å². The molecule has 0 radical (unpaired) electrons. The van der Waals surface area contributed by atoms with E-state index in [9.17, 15) is 18.0 Å². The number of nitrogens with one attached hydrogen (secondary N) is 1. The van der Waals surface area contributed by atoms with Crippen molar-refractivity contribution in [2.24, 2.45) is 0 Å². The van der Waals surface area contributed by atoms with Crippen molar-refractivity contribution in [2.75, 3.05) is 17.1 Å². The lowest BCUT2D eigenvalue weighted by atomic mass is 10.1. The number of carbonyl (C=O) groups is 2. The lowest BCUT2D eigenvalue weighted by molar-refractivity contribution is -0.140. The zero-order valence-electron chi connectivity index (χ0n) is 20.3. The Kier molecular flexibility index (Phi) is 9.05. The highest BCUT2D eigenvalue weighted by Crippen LogP contribution is 2.22. The molecule has 0 aromatic heterocycles. The van der Waals surface area contributed by atoms with Crippen LogP contribution in [-0.4, -0.2) is 50.0 Å². The van der Waals surface area contributed by atoms with Crippen LogP contribution in [0, 0.1) is 13.8 Å². The van der Waals surface area contributed by atoms with Crippen molar-refractivity contribution in [3.63, 3.8) is 0 Å². The molecule has 0 aliphatic heterocycles. The molecule has 2 amide bonds. The molecule has 0 saturated carbocycles. The van der Waals surface area contributed by atoms with Gasteiger partial charge in [-0.05, 0) is 62.9 Å². The summed E-state index contributed by atoms with van der Waals surface area (Å²) < 4.78 is 26.4. The molecule has 2 aromatic carbocycles. The van der Waals surface area contributed by atoms with Gasteiger partial charge in [0.15, 0.2) is 0 Å². The summed E-state index contributed by atoms with van der Waals surface area (Å²) >= 11 is 0. The number of amides is 2. The van der Waals surface area contributed by atoms with E-state index >= 15 is 0 Å². The number of rotatable bonds is 10. The van der Waals surface area contributed by atoms with Gasteiger partial charge in [0, 0.05) is 12.6 Å². The second-order valence-corrected chi connectivity index (χ2v) is 10.6. The first-order chi connectivity index (χ1) is 15.4. The Balaban J connectivity index is 2.45. The Labute approximate surface area is 197 Å². The van der Waals surface area contributed by atoms with Crippen LogP contribution >= 0.6 is 0 Å². The van der Waals surface area contributed by atoms with Crippen LogP contribution in [0.5, 0.6) is 0 Å². The third kappa shape index (κ3) is 7.60. The Morgan fingerprint density at radius 1 is 1.00 bits per heavy atom. The summed E-state index contributed by atoms with van der Waals surface area (Å²) in [6.07, 6.45) is 1.49. The van der Waals surface area contributed by atoms with Crippen LogP contribution < -0.4 is 9.62 Å². The van der Waals surface area contributed by atoms with Gasteiger partial charge in [-0.25, -0.2) is 8.42 Å². The molecule has 0 heterocycles. The van der Waals surface area contributed by atoms with E-state index in [0.29, 0.717) is 12.1 Å².